The summed E-state index contributed by atoms with van der Waals surface area (Å²) in [4.78, 5) is 24.2. The molecule has 31 heavy (non-hydrogen) atoms. The fourth-order valence-electron chi connectivity index (χ4n) is 4.33. The molecule has 1 aliphatic rings. The van der Waals surface area contributed by atoms with Crippen molar-refractivity contribution in [3.63, 3.8) is 0 Å². The van der Waals surface area contributed by atoms with Crippen molar-refractivity contribution < 1.29 is 14.5 Å². The number of ether oxygens (including phenoxy) is 1. The van der Waals surface area contributed by atoms with Crippen LogP contribution in [0.1, 0.15) is 56.1 Å². The number of para-hydroxylation sites is 1. The highest BCUT2D eigenvalue weighted by molar-refractivity contribution is 5.95. The third-order valence-corrected chi connectivity index (χ3v) is 5.81. The molecule has 0 bridgehead atoms. The molecule has 1 aliphatic carbocycles. The van der Waals surface area contributed by atoms with E-state index in [1.54, 1.807) is 25.1 Å². The van der Waals surface area contributed by atoms with Gasteiger partial charge in [0.2, 0.25) is 0 Å². The molecule has 2 aromatic carbocycles. The van der Waals surface area contributed by atoms with Crippen molar-refractivity contribution in [3.05, 3.63) is 94.1 Å². The first-order valence-electron chi connectivity index (χ1n) is 10.9. The van der Waals surface area contributed by atoms with E-state index in [2.05, 4.69) is 12.7 Å². The zero-order chi connectivity index (χ0) is 22.2. The van der Waals surface area contributed by atoms with Gasteiger partial charge in [0.05, 0.1) is 11.5 Å². The lowest BCUT2D eigenvalue weighted by molar-refractivity contribution is -0.385. The molecule has 5 nitrogen and oxygen atoms in total. The molecule has 5 heteroatoms. The van der Waals surface area contributed by atoms with Crippen molar-refractivity contribution in [1.29, 1.82) is 0 Å². The summed E-state index contributed by atoms with van der Waals surface area (Å²) in [5.74, 6) is -0.828. The van der Waals surface area contributed by atoms with E-state index < -0.39 is 16.8 Å². The van der Waals surface area contributed by atoms with E-state index in [4.69, 9.17) is 4.74 Å². The summed E-state index contributed by atoms with van der Waals surface area (Å²) in [7, 11) is 0. The number of nitro groups is 1. The number of carbonyl (C=O) groups excluding carboxylic acids is 1. The zero-order valence-corrected chi connectivity index (χ0v) is 18.0. The van der Waals surface area contributed by atoms with Crippen LogP contribution in [0.25, 0.3) is 5.57 Å². The molecule has 1 atom stereocenters. The molecule has 1 saturated carbocycles. The summed E-state index contributed by atoms with van der Waals surface area (Å²) in [5.41, 5.74) is 2.45. The average molecular weight is 420 g/mol. The van der Waals surface area contributed by atoms with Crippen molar-refractivity contribution in [2.75, 3.05) is 6.61 Å². The van der Waals surface area contributed by atoms with Crippen molar-refractivity contribution in [1.82, 2.24) is 0 Å². The summed E-state index contributed by atoms with van der Waals surface area (Å²) in [6, 6.07) is 16.4. The van der Waals surface area contributed by atoms with Crippen LogP contribution >= 0.6 is 0 Å². The molecule has 162 valence electrons. The second-order valence-corrected chi connectivity index (χ2v) is 7.88. The van der Waals surface area contributed by atoms with Gasteiger partial charge in [0.15, 0.2) is 0 Å². The number of nitrogens with zero attached hydrogens (tertiary/aromatic N) is 1. The van der Waals surface area contributed by atoms with Gasteiger partial charge in [-0.1, -0.05) is 80.4 Å². The molecule has 0 amide bonds. The quantitative estimate of drug-likeness (QED) is 0.213. The Morgan fingerprint density at radius 3 is 2.42 bits per heavy atom. The zero-order valence-electron chi connectivity index (χ0n) is 18.0. The molecule has 2 aromatic rings. The summed E-state index contributed by atoms with van der Waals surface area (Å²) < 4.78 is 5.25. The summed E-state index contributed by atoms with van der Waals surface area (Å²) in [5, 5.41) is 11.8. The van der Waals surface area contributed by atoms with E-state index >= 15 is 0 Å². The molecule has 3 rings (SSSR count). The number of benzene rings is 2. The lowest BCUT2D eigenvalue weighted by Crippen LogP contribution is -2.17. The monoisotopic (exact) mass is 419 g/mol. The Labute approximate surface area is 183 Å². The molecule has 1 unspecified atom stereocenters. The lowest BCUT2D eigenvalue weighted by atomic mass is 9.78. The second-order valence-electron chi connectivity index (χ2n) is 7.88. The maximum atomic E-state index is 12.7. The molecular formula is C26H29NO4. The maximum absolute atomic E-state index is 12.7. The number of carbonyl (C=O) groups is 1. The van der Waals surface area contributed by atoms with Gasteiger partial charge < -0.3 is 4.74 Å². The Hall–Kier alpha value is -3.21. The van der Waals surface area contributed by atoms with Crippen molar-refractivity contribution in [2.45, 2.75) is 44.9 Å². The number of allylic oxidation sites excluding steroid dienone is 2. The Morgan fingerprint density at radius 2 is 1.77 bits per heavy atom. The molecule has 0 spiro atoms. The van der Waals surface area contributed by atoms with Crippen LogP contribution in [-0.2, 0) is 9.53 Å². The van der Waals surface area contributed by atoms with Crippen LogP contribution in [0.3, 0.4) is 0 Å². The fraction of sp³-hybridized carbons (Fsp3) is 0.346. The molecule has 0 aliphatic heterocycles. The van der Waals surface area contributed by atoms with Crippen molar-refractivity contribution in [3.8, 4) is 0 Å². The van der Waals surface area contributed by atoms with Crippen molar-refractivity contribution >= 4 is 17.2 Å². The summed E-state index contributed by atoms with van der Waals surface area (Å²) in [6.45, 7) is 6.01. The SMILES string of the molecule is C=C(C(=O)OCC)C(/C(=C/C1CCCCC1)c1ccccc1)c1ccccc1[N+](=O)[O-]. The predicted octanol–water partition coefficient (Wildman–Crippen LogP) is 6.46. The summed E-state index contributed by atoms with van der Waals surface area (Å²) >= 11 is 0. The van der Waals surface area contributed by atoms with Gasteiger partial charge in [-0.2, -0.15) is 0 Å². The Bertz CT molecular complexity index is 958. The third-order valence-electron chi connectivity index (χ3n) is 5.81. The highest BCUT2D eigenvalue weighted by Gasteiger charge is 2.32. The van der Waals surface area contributed by atoms with Crippen LogP contribution in [0.4, 0.5) is 5.69 Å². The first kappa shape index (κ1) is 22.5. The van der Waals surface area contributed by atoms with E-state index in [9.17, 15) is 14.9 Å². The lowest BCUT2D eigenvalue weighted by Gasteiger charge is -2.26. The Balaban J connectivity index is 2.20. The minimum Gasteiger partial charge on any atom is -0.463 e. The first-order chi connectivity index (χ1) is 15.0. The summed E-state index contributed by atoms with van der Waals surface area (Å²) in [6.07, 6.45) is 7.92. The first-order valence-corrected chi connectivity index (χ1v) is 10.9. The molecule has 1 fully saturated rings. The average Bonchev–Trinajstić information content (AvgIpc) is 2.80. The fourth-order valence-corrected chi connectivity index (χ4v) is 4.33. The molecule has 0 heterocycles. The van der Waals surface area contributed by atoms with Crippen LogP contribution < -0.4 is 0 Å². The van der Waals surface area contributed by atoms with Crippen LogP contribution in [0.5, 0.6) is 0 Å². The number of hydrogen-bond acceptors (Lipinski definition) is 4. The van der Waals surface area contributed by atoms with E-state index in [-0.39, 0.29) is 17.9 Å². The maximum Gasteiger partial charge on any atom is 0.334 e. The molecule has 0 aromatic heterocycles. The van der Waals surface area contributed by atoms with Gasteiger partial charge >= 0.3 is 5.97 Å². The highest BCUT2D eigenvalue weighted by atomic mass is 16.6. The Morgan fingerprint density at radius 1 is 1.13 bits per heavy atom. The van der Waals surface area contributed by atoms with Gasteiger partial charge in [0.25, 0.3) is 5.69 Å². The number of rotatable bonds is 8. The van der Waals surface area contributed by atoms with E-state index in [1.165, 1.54) is 12.5 Å². The van der Waals surface area contributed by atoms with Crippen LogP contribution in [0.2, 0.25) is 0 Å². The van der Waals surface area contributed by atoms with Crippen molar-refractivity contribution in [2.24, 2.45) is 5.92 Å². The molecule has 0 radical (unpaired) electrons. The predicted molar refractivity (Wildman–Crippen MR) is 123 cm³/mol. The second kappa shape index (κ2) is 10.7. The standard InChI is InChI=1S/C26H29NO4/c1-3-31-26(28)19(2)25(22-16-10-11-17-24(22)27(29)30)23(21-14-8-5-9-15-21)18-20-12-6-4-7-13-20/h5,8-11,14-18,20,25H,2-4,6-7,12-13H2,1H3/b23-18+. The van der Waals surface area contributed by atoms with Crippen LogP contribution in [-0.4, -0.2) is 17.5 Å². The molecular weight excluding hydrogens is 390 g/mol. The highest BCUT2D eigenvalue weighted by Crippen LogP contribution is 2.43. The van der Waals surface area contributed by atoms with Gasteiger partial charge in [-0.25, -0.2) is 4.79 Å². The van der Waals surface area contributed by atoms with Gasteiger partial charge in [0, 0.05) is 23.1 Å². The smallest absolute Gasteiger partial charge is 0.334 e. The number of esters is 1. The van der Waals surface area contributed by atoms with Gasteiger partial charge in [0.1, 0.15) is 0 Å². The third kappa shape index (κ3) is 5.48. The van der Waals surface area contributed by atoms with E-state index in [0.29, 0.717) is 11.5 Å². The van der Waals surface area contributed by atoms with E-state index in [0.717, 1.165) is 36.8 Å². The van der Waals surface area contributed by atoms with Crippen LogP contribution in [0.15, 0.2) is 72.8 Å². The largest absolute Gasteiger partial charge is 0.463 e. The number of nitro benzene ring substituents is 1. The normalized spacial score (nSPS) is 15.8. The van der Waals surface area contributed by atoms with E-state index in [1.807, 2.05) is 30.3 Å². The number of hydrogen-bond donors (Lipinski definition) is 0. The van der Waals surface area contributed by atoms with Gasteiger partial charge in [-0.15, -0.1) is 0 Å². The Kier molecular flexibility index (Phi) is 7.76. The van der Waals surface area contributed by atoms with Crippen LogP contribution in [0, 0.1) is 16.0 Å². The minimum atomic E-state index is -0.662. The molecule has 0 saturated heterocycles. The van der Waals surface area contributed by atoms with Gasteiger partial charge in [-0.3, -0.25) is 10.1 Å². The van der Waals surface area contributed by atoms with Gasteiger partial charge in [-0.05, 0) is 36.8 Å². The molecule has 0 N–H and O–H groups in total. The minimum absolute atomic E-state index is 0.0246. The topological polar surface area (TPSA) is 69.4 Å².